The van der Waals surface area contributed by atoms with Gasteiger partial charge in [0.15, 0.2) is 0 Å². The number of sulfonamides is 1. The van der Waals surface area contributed by atoms with E-state index in [0.29, 0.717) is 25.7 Å². The molecule has 0 unspecified atom stereocenters. The molecule has 1 amide bonds. The first kappa shape index (κ1) is 21.7. The van der Waals surface area contributed by atoms with Crippen molar-refractivity contribution >= 4 is 21.6 Å². The molecule has 1 saturated carbocycles. The van der Waals surface area contributed by atoms with Gasteiger partial charge in [0, 0.05) is 17.6 Å². The van der Waals surface area contributed by atoms with Crippen LogP contribution in [0.4, 0.5) is 18.9 Å². The molecule has 0 spiro atoms. The zero-order chi connectivity index (χ0) is 20.5. The van der Waals surface area contributed by atoms with Crippen LogP contribution in [0.15, 0.2) is 24.3 Å². The van der Waals surface area contributed by atoms with Gasteiger partial charge < -0.3 is 5.32 Å². The number of hydrogen-bond donors (Lipinski definition) is 2. The van der Waals surface area contributed by atoms with Gasteiger partial charge in [-0.1, -0.05) is 6.07 Å². The predicted octanol–water partition coefficient (Wildman–Crippen LogP) is 3.92. The maximum absolute atomic E-state index is 12.8. The molecule has 1 aliphatic carbocycles. The van der Waals surface area contributed by atoms with Crippen LogP contribution >= 0.6 is 0 Å². The Bertz CT molecular complexity index is 778. The predicted molar refractivity (Wildman–Crippen MR) is 97.6 cm³/mol. The molecule has 1 aromatic rings. The van der Waals surface area contributed by atoms with Crippen LogP contribution in [0.1, 0.15) is 52.0 Å². The molecule has 0 aromatic heterocycles. The number of anilines is 1. The molecule has 0 aliphatic heterocycles. The van der Waals surface area contributed by atoms with Crippen LogP contribution < -0.4 is 10.0 Å². The Hall–Kier alpha value is -1.61. The number of carbonyl (C=O) groups is 1. The molecule has 27 heavy (non-hydrogen) atoms. The van der Waals surface area contributed by atoms with E-state index in [1.165, 1.54) is 12.1 Å². The standard InChI is InChI=1S/C18H25F3N2O3S/c1-17(2,3)27(25,26)23-14-9-7-12(8-10-14)16(24)22-15-6-4-5-13(11-15)18(19,20)21/h4-6,11-12,14,23H,7-10H2,1-3H3,(H,22,24). The fraction of sp³-hybridized carbons (Fsp3) is 0.611. The first-order valence-electron chi connectivity index (χ1n) is 8.79. The number of hydrogen-bond acceptors (Lipinski definition) is 3. The molecular formula is C18H25F3N2O3S. The molecule has 1 fully saturated rings. The lowest BCUT2D eigenvalue weighted by atomic mass is 9.86. The highest BCUT2D eigenvalue weighted by Gasteiger charge is 2.34. The molecule has 0 saturated heterocycles. The molecule has 0 radical (unpaired) electrons. The van der Waals surface area contributed by atoms with Crippen molar-refractivity contribution in [1.29, 1.82) is 0 Å². The lowest BCUT2D eigenvalue weighted by Crippen LogP contribution is -2.46. The normalized spacial score (nSPS) is 21.7. The smallest absolute Gasteiger partial charge is 0.326 e. The largest absolute Gasteiger partial charge is 0.416 e. The van der Waals surface area contributed by atoms with E-state index in [9.17, 15) is 26.4 Å². The van der Waals surface area contributed by atoms with Crippen molar-refractivity contribution < 1.29 is 26.4 Å². The number of rotatable bonds is 4. The van der Waals surface area contributed by atoms with Gasteiger partial charge in [-0.2, -0.15) is 13.2 Å². The Labute approximate surface area is 157 Å². The number of alkyl halides is 3. The van der Waals surface area contributed by atoms with Crippen LogP contribution in [-0.4, -0.2) is 25.1 Å². The van der Waals surface area contributed by atoms with E-state index in [1.54, 1.807) is 20.8 Å². The molecule has 2 N–H and O–H groups in total. The van der Waals surface area contributed by atoms with E-state index < -0.39 is 26.5 Å². The molecule has 152 valence electrons. The Balaban J connectivity index is 1.92. The van der Waals surface area contributed by atoms with E-state index in [0.717, 1.165) is 12.1 Å². The first-order chi connectivity index (χ1) is 12.3. The fourth-order valence-corrected chi connectivity index (χ4v) is 3.92. The second-order valence-electron chi connectivity index (χ2n) is 7.85. The summed E-state index contributed by atoms with van der Waals surface area (Å²) in [5, 5.41) is 2.53. The topological polar surface area (TPSA) is 75.3 Å². The van der Waals surface area contributed by atoms with Crippen LogP contribution in [0.5, 0.6) is 0 Å². The quantitative estimate of drug-likeness (QED) is 0.796. The summed E-state index contributed by atoms with van der Waals surface area (Å²) in [6.07, 6.45) is -2.50. The Kier molecular flexibility index (Phi) is 6.26. The minimum absolute atomic E-state index is 0.102. The second kappa shape index (κ2) is 7.79. The van der Waals surface area contributed by atoms with Gasteiger partial charge in [0.05, 0.1) is 10.3 Å². The Morgan fingerprint density at radius 2 is 1.67 bits per heavy atom. The molecule has 0 atom stereocenters. The highest BCUT2D eigenvalue weighted by molar-refractivity contribution is 7.90. The summed E-state index contributed by atoms with van der Waals surface area (Å²) in [6, 6.07) is 4.28. The molecule has 9 heteroatoms. The van der Waals surface area contributed by atoms with Crippen LogP contribution in [0.3, 0.4) is 0 Å². The Morgan fingerprint density at radius 1 is 1.07 bits per heavy atom. The van der Waals surface area contributed by atoms with E-state index in [4.69, 9.17) is 0 Å². The number of carbonyl (C=O) groups excluding carboxylic acids is 1. The summed E-state index contributed by atoms with van der Waals surface area (Å²) in [4.78, 5) is 12.3. The molecule has 1 aliphatic rings. The van der Waals surface area contributed by atoms with Crippen molar-refractivity contribution in [2.45, 2.75) is 63.4 Å². The number of halogens is 3. The highest BCUT2D eigenvalue weighted by atomic mass is 32.2. The molecular weight excluding hydrogens is 381 g/mol. The highest BCUT2D eigenvalue weighted by Crippen LogP contribution is 2.31. The summed E-state index contributed by atoms with van der Waals surface area (Å²) in [6.45, 7) is 4.84. The number of benzene rings is 1. The monoisotopic (exact) mass is 406 g/mol. The second-order valence-corrected chi connectivity index (χ2v) is 10.3. The van der Waals surface area contributed by atoms with Crippen molar-refractivity contribution in [1.82, 2.24) is 4.72 Å². The maximum atomic E-state index is 12.8. The van der Waals surface area contributed by atoms with Crippen molar-refractivity contribution in [2.24, 2.45) is 5.92 Å². The van der Waals surface area contributed by atoms with Crippen LogP contribution in [-0.2, 0) is 21.0 Å². The summed E-state index contributed by atoms with van der Waals surface area (Å²) in [5.74, 6) is -0.693. The van der Waals surface area contributed by atoms with Gasteiger partial charge in [-0.25, -0.2) is 13.1 Å². The summed E-state index contributed by atoms with van der Waals surface area (Å²) in [5.41, 5.74) is -0.717. The molecule has 1 aromatic carbocycles. The minimum Gasteiger partial charge on any atom is -0.326 e. The molecule has 0 heterocycles. The van der Waals surface area contributed by atoms with Crippen LogP contribution in [0.25, 0.3) is 0 Å². The third-order valence-corrected chi connectivity index (χ3v) is 6.94. The summed E-state index contributed by atoms with van der Waals surface area (Å²) >= 11 is 0. The third kappa shape index (κ3) is 5.68. The van der Waals surface area contributed by atoms with E-state index in [1.807, 2.05) is 0 Å². The van der Waals surface area contributed by atoms with Gasteiger partial charge in [0.25, 0.3) is 0 Å². The van der Waals surface area contributed by atoms with Crippen molar-refractivity contribution in [3.63, 3.8) is 0 Å². The lowest BCUT2D eigenvalue weighted by Gasteiger charge is -2.30. The zero-order valence-electron chi connectivity index (χ0n) is 15.6. The van der Waals surface area contributed by atoms with Crippen molar-refractivity contribution in [3.05, 3.63) is 29.8 Å². The number of nitrogens with one attached hydrogen (secondary N) is 2. The lowest BCUT2D eigenvalue weighted by molar-refractivity contribution is -0.137. The van der Waals surface area contributed by atoms with Gasteiger partial charge in [-0.15, -0.1) is 0 Å². The SMILES string of the molecule is CC(C)(C)S(=O)(=O)NC1CCC(C(=O)Nc2cccc(C(F)(F)F)c2)CC1. The third-order valence-electron chi connectivity index (χ3n) is 4.68. The van der Waals surface area contributed by atoms with E-state index >= 15 is 0 Å². The van der Waals surface area contributed by atoms with E-state index in [-0.39, 0.29) is 23.6 Å². The van der Waals surface area contributed by atoms with Gasteiger partial charge >= 0.3 is 6.18 Å². The van der Waals surface area contributed by atoms with Crippen LogP contribution in [0, 0.1) is 5.92 Å². The summed E-state index contributed by atoms with van der Waals surface area (Å²) < 4.78 is 64.4. The van der Waals surface area contributed by atoms with Crippen molar-refractivity contribution in [3.8, 4) is 0 Å². The number of amides is 1. The van der Waals surface area contributed by atoms with Gasteiger partial charge in [0.1, 0.15) is 0 Å². The molecule has 0 bridgehead atoms. The van der Waals surface area contributed by atoms with Gasteiger partial charge in [-0.3, -0.25) is 4.79 Å². The average molecular weight is 406 g/mol. The maximum Gasteiger partial charge on any atom is 0.416 e. The van der Waals surface area contributed by atoms with Gasteiger partial charge in [-0.05, 0) is 64.7 Å². The first-order valence-corrected chi connectivity index (χ1v) is 10.3. The van der Waals surface area contributed by atoms with E-state index in [2.05, 4.69) is 10.0 Å². The molecule has 5 nitrogen and oxygen atoms in total. The zero-order valence-corrected chi connectivity index (χ0v) is 16.4. The Morgan fingerprint density at radius 3 is 2.19 bits per heavy atom. The fourth-order valence-electron chi connectivity index (χ4n) is 2.89. The molecule has 2 rings (SSSR count). The summed E-state index contributed by atoms with van der Waals surface area (Å²) in [7, 11) is -3.46. The minimum atomic E-state index is -4.47. The van der Waals surface area contributed by atoms with Crippen molar-refractivity contribution in [2.75, 3.05) is 5.32 Å². The van der Waals surface area contributed by atoms with Crippen LogP contribution in [0.2, 0.25) is 0 Å². The average Bonchev–Trinajstić information content (AvgIpc) is 2.53. The van der Waals surface area contributed by atoms with Gasteiger partial charge in [0.2, 0.25) is 15.9 Å².